The molecule has 1 aliphatic carbocycles. The van der Waals surface area contributed by atoms with Crippen LogP contribution in [-0.2, 0) is 20.8 Å². The number of benzene rings is 1. The predicted molar refractivity (Wildman–Crippen MR) is 92.7 cm³/mol. The van der Waals surface area contributed by atoms with E-state index in [1.54, 1.807) is 6.07 Å². The summed E-state index contributed by atoms with van der Waals surface area (Å²) in [6, 6.07) is 4.03. The molecule has 1 aromatic rings. The monoisotopic (exact) mass is 376 g/mol. The van der Waals surface area contributed by atoms with E-state index in [1.807, 2.05) is 12.2 Å². The number of fused-ring (bicyclic) bond motifs is 1. The van der Waals surface area contributed by atoms with Crippen molar-refractivity contribution in [3.05, 3.63) is 46.8 Å². The predicted octanol–water partition coefficient (Wildman–Crippen LogP) is 2.18. The summed E-state index contributed by atoms with van der Waals surface area (Å²) >= 11 is 5.97. The van der Waals surface area contributed by atoms with E-state index in [9.17, 15) is 18.8 Å². The Morgan fingerprint density at radius 2 is 1.73 bits per heavy atom. The van der Waals surface area contributed by atoms with Gasteiger partial charge in [0.25, 0.3) is 0 Å². The molecule has 7 heteroatoms. The molecule has 0 radical (unpaired) electrons. The highest BCUT2D eigenvalue weighted by Crippen LogP contribution is 2.37. The molecule has 0 bridgehead atoms. The second-order valence-electron chi connectivity index (χ2n) is 7.03. The molecule has 26 heavy (non-hydrogen) atoms. The number of rotatable bonds is 3. The van der Waals surface area contributed by atoms with Crippen molar-refractivity contribution >= 4 is 29.3 Å². The summed E-state index contributed by atoms with van der Waals surface area (Å²) < 4.78 is 13.8. The third-order valence-corrected chi connectivity index (χ3v) is 5.87. The molecule has 2 atom stereocenters. The van der Waals surface area contributed by atoms with Gasteiger partial charge in [0.05, 0.1) is 24.3 Å². The Morgan fingerprint density at radius 3 is 2.31 bits per heavy atom. The van der Waals surface area contributed by atoms with Crippen molar-refractivity contribution in [3.8, 4) is 0 Å². The molecular formula is C19H18ClFN2O3. The molecule has 2 saturated heterocycles. The maximum atomic E-state index is 13.8. The summed E-state index contributed by atoms with van der Waals surface area (Å²) in [5.74, 6) is -1.53. The molecule has 0 saturated carbocycles. The first-order valence-electron chi connectivity index (χ1n) is 8.70. The van der Waals surface area contributed by atoms with Gasteiger partial charge < -0.3 is 4.90 Å². The molecule has 2 aliphatic heterocycles. The van der Waals surface area contributed by atoms with E-state index in [1.165, 1.54) is 21.9 Å². The summed E-state index contributed by atoms with van der Waals surface area (Å²) in [4.78, 5) is 40.3. The van der Waals surface area contributed by atoms with Gasteiger partial charge in [0.2, 0.25) is 17.7 Å². The topological polar surface area (TPSA) is 57.7 Å². The van der Waals surface area contributed by atoms with Gasteiger partial charge in [0.1, 0.15) is 5.82 Å². The van der Waals surface area contributed by atoms with Gasteiger partial charge in [-0.2, -0.15) is 0 Å². The molecule has 3 amide bonds. The fraction of sp³-hybridized carbons (Fsp3) is 0.421. The Kier molecular flexibility index (Phi) is 4.31. The minimum Gasteiger partial charge on any atom is -0.338 e. The molecule has 4 rings (SSSR count). The van der Waals surface area contributed by atoms with E-state index in [4.69, 9.17) is 11.6 Å². The lowest BCUT2D eigenvalue weighted by molar-refractivity contribution is -0.152. The number of nitrogens with zero attached hydrogens (tertiary/aromatic N) is 2. The Morgan fingerprint density at radius 1 is 1.12 bits per heavy atom. The van der Waals surface area contributed by atoms with Crippen LogP contribution in [0.15, 0.2) is 30.4 Å². The van der Waals surface area contributed by atoms with Crippen LogP contribution in [0.25, 0.3) is 0 Å². The summed E-state index contributed by atoms with van der Waals surface area (Å²) in [6.07, 6.45) is 4.98. The zero-order valence-corrected chi connectivity index (χ0v) is 14.8. The summed E-state index contributed by atoms with van der Waals surface area (Å²) in [7, 11) is 0. The van der Waals surface area contributed by atoms with Crippen LogP contribution in [0.3, 0.4) is 0 Å². The van der Waals surface area contributed by atoms with Gasteiger partial charge in [-0.25, -0.2) is 4.39 Å². The van der Waals surface area contributed by atoms with Crippen LogP contribution in [0.1, 0.15) is 18.4 Å². The number of hydrogen-bond donors (Lipinski definition) is 0. The standard InChI is InChI=1S/C19H18ClFN2O3/c20-15-6-3-7-16(21)14(15)8-17(24)22-9-11(10-22)23-18(25)12-4-1-2-5-13(12)19(23)26/h1-3,6-7,11-13H,4-5,8-10H2/t12-,13-/m1/s1. The van der Waals surface area contributed by atoms with E-state index < -0.39 is 5.82 Å². The van der Waals surface area contributed by atoms with Crippen molar-refractivity contribution in [1.82, 2.24) is 9.80 Å². The Balaban J connectivity index is 1.39. The summed E-state index contributed by atoms with van der Waals surface area (Å²) in [5, 5.41) is 0.219. The van der Waals surface area contributed by atoms with Crippen molar-refractivity contribution in [2.24, 2.45) is 11.8 Å². The molecule has 0 unspecified atom stereocenters. The third kappa shape index (κ3) is 2.72. The molecule has 2 fully saturated rings. The first-order valence-corrected chi connectivity index (χ1v) is 9.07. The normalized spacial score (nSPS) is 25.5. The number of carbonyl (C=O) groups is 3. The lowest BCUT2D eigenvalue weighted by atomic mass is 9.85. The van der Waals surface area contributed by atoms with Gasteiger partial charge in [-0.3, -0.25) is 19.3 Å². The van der Waals surface area contributed by atoms with Crippen molar-refractivity contribution in [1.29, 1.82) is 0 Å². The highest BCUT2D eigenvalue weighted by atomic mass is 35.5. The molecular weight excluding hydrogens is 359 g/mol. The van der Waals surface area contributed by atoms with Gasteiger partial charge in [-0.1, -0.05) is 29.8 Å². The maximum absolute atomic E-state index is 13.8. The molecule has 5 nitrogen and oxygen atoms in total. The number of halogens is 2. The molecule has 0 aromatic heterocycles. The van der Waals surface area contributed by atoms with Crippen molar-refractivity contribution in [3.63, 3.8) is 0 Å². The fourth-order valence-corrected chi connectivity index (χ4v) is 4.20. The average molecular weight is 377 g/mol. The SMILES string of the molecule is O=C(Cc1c(F)cccc1Cl)N1CC(N2C(=O)[C@@H]3CC=CC[C@H]3C2=O)C1. The quantitative estimate of drug-likeness (QED) is 0.600. The third-order valence-electron chi connectivity index (χ3n) is 5.51. The average Bonchev–Trinajstić information content (AvgIpc) is 2.83. The van der Waals surface area contributed by atoms with Crippen molar-refractivity contribution in [2.45, 2.75) is 25.3 Å². The number of carbonyl (C=O) groups excluding carboxylic acids is 3. The second-order valence-corrected chi connectivity index (χ2v) is 7.44. The van der Waals surface area contributed by atoms with E-state index in [-0.39, 0.29) is 52.6 Å². The van der Waals surface area contributed by atoms with Crippen LogP contribution in [-0.4, -0.2) is 46.7 Å². The first-order chi connectivity index (χ1) is 12.5. The highest BCUT2D eigenvalue weighted by molar-refractivity contribution is 6.31. The molecule has 0 spiro atoms. The minimum absolute atomic E-state index is 0.126. The van der Waals surface area contributed by atoms with Crippen LogP contribution in [0.5, 0.6) is 0 Å². The zero-order chi connectivity index (χ0) is 18.4. The van der Waals surface area contributed by atoms with Crippen LogP contribution < -0.4 is 0 Å². The second kappa shape index (κ2) is 6.50. The van der Waals surface area contributed by atoms with Gasteiger partial charge in [-0.15, -0.1) is 0 Å². The van der Waals surface area contributed by atoms with Crippen molar-refractivity contribution < 1.29 is 18.8 Å². The maximum Gasteiger partial charge on any atom is 0.233 e. The van der Waals surface area contributed by atoms with Gasteiger partial charge in [-0.05, 0) is 25.0 Å². The Labute approximate surface area is 155 Å². The van der Waals surface area contributed by atoms with Crippen LogP contribution in [0.2, 0.25) is 5.02 Å². The van der Waals surface area contributed by atoms with E-state index in [0.717, 1.165) is 0 Å². The Bertz CT molecular complexity index is 773. The highest BCUT2D eigenvalue weighted by Gasteiger charge is 2.52. The molecule has 1 aromatic carbocycles. The van der Waals surface area contributed by atoms with Gasteiger partial charge in [0.15, 0.2) is 0 Å². The van der Waals surface area contributed by atoms with Gasteiger partial charge >= 0.3 is 0 Å². The smallest absolute Gasteiger partial charge is 0.233 e. The fourth-order valence-electron chi connectivity index (χ4n) is 3.97. The summed E-state index contributed by atoms with van der Waals surface area (Å²) in [5.41, 5.74) is 0.174. The van der Waals surface area contributed by atoms with Crippen LogP contribution in [0, 0.1) is 17.7 Å². The van der Waals surface area contributed by atoms with Crippen molar-refractivity contribution in [2.75, 3.05) is 13.1 Å². The lowest BCUT2D eigenvalue weighted by Crippen LogP contribution is -2.62. The lowest BCUT2D eigenvalue weighted by Gasteiger charge is -2.43. The molecule has 2 heterocycles. The van der Waals surface area contributed by atoms with E-state index in [2.05, 4.69) is 0 Å². The molecule has 136 valence electrons. The summed E-state index contributed by atoms with van der Waals surface area (Å²) in [6.45, 7) is 0.602. The van der Waals surface area contributed by atoms with Gasteiger partial charge in [0, 0.05) is 23.7 Å². The van der Waals surface area contributed by atoms with E-state index in [0.29, 0.717) is 25.9 Å². The minimum atomic E-state index is -0.510. The zero-order valence-electron chi connectivity index (χ0n) is 14.0. The molecule has 3 aliphatic rings. The van der Waals surface area contributed by atoms with Crippen LogP contribution in [0.4, 0.5) is 4.39 Å². The molecule has 0 N–H and O–H groups in total. The Hall–Kier alpha value is -2.21. The number of amides is 3. The number of hydrogen-bond acceptors (Lipinski definition) is 3. The number of likely N-dealkylation sites (tertiary alicyclic amines) is 2. The number of imide groups is 1. The largest absolute Gasteiger partial charge is 0.338 e. The van der Waals surface area contributed by atoms with E-state index >= 15 is 0 Å². The van der Waals surface area contributed by atoms with Crippen LogP contribution >= 0.6 is 11.6 Å². The first kappa shape index (κ1) is 17.2. The number of allylic oxidation sites excluding steroid dienone is 2.